The van der Waals surface area contributed by atoms with Gasteiger partial charge in [-0.1, -0.05) is 0 Å². The van der Waals surface area contributed by atoms with Crippen molar-refractivity contribution in [2.45, 2.75) is 0 Å². The highest BCUT2D eigenvalue weighted by Gasteiger charge is 2.06. The molecule has 7 nitrogen and oxygen atoms in total. The highest BCUT2D eigenvalue weighted by atomic mass is 16.5. The summed E-state index contributed by atoms with van der Waals surface area (Å²) in [5.74, 6) is 0.828. The van der Waals surface area contributed by atoms with Crippen molar-refractivity contribution >= 4 is 0 Å². The Kier molecular flexibility index (Phi) is 2.99. The Labute approximate surface area is 96.5 Å². The molecule has 0 atom stereocenters. The van der Waals surface area contributed by atoms with Crippen LogP contribution in [0.4, 0.5) is 0 Å². The lowest BCUT2D eigenvalue weighted by Gasteiger charge is -2.03. The fraction of sp³-hybridized carbons (Fsp3) is 0.200. The van der Waals surface area contributed by atoms with E-state index >= 15 is 0 Å². The van der Waals surface area contributed by atoms with Crippen LogP contribution in [0.5, 0.6) is 11.9 Å². The summed E-state index contributed by atoms with van der Waals surface area (Å²) >= 11 is 0. The second kappa shape index (κ2) is 4.60. The lowest BCUT2D eigenvalue weighted by Crippen LogP contribution is -2.14. The van der Waals surface area contributed by atoms with Crippen LogP contribution in [0.1, 0.15) is 0 Å². The van der Waals surface area contributed by atoms with E-state index in [1.54, 1.807) is 12.1 Å². The van der Waals surface area contributed by atoms with Gasteiger partial charge in [-0.25, -0.2) is 9.78 Å². The van der Waals surface area contributed by atoms with Gasteiger partial charge in [0.1, 0.15) is 5.82 Å². The van der Waals surface area contributed by atoms with Gasteiger partial charge in [0.25, 0.3) is 0 Å². The Balaban J connectivity index is 2.44. The van der Waals surface area contributed by atoms with E-state index in [9.17, 15) is 4.79 Å². The van der Waals surface area contributed by atoms with Gasteiger partial charge in [0.15, 0.2) is 0 Å². The van der Waals surface area contributed by atoms with Crippen LogP contribution in [0.25, 0.3) is 11.4 Å². The molecule has 2 aromatic rings. The summed E-state index contributed by atoms with van der Waals surface area (Å²) in [6.07, 6.45) is 1.54. The van der Waals surface area contributed by atoms with Crippen molar-refractivity contribution < 1.29 is 9.47 Å². The average Bonchev–Trinajstić information content (AvgIpc) is 2.38. The monoisotopic (exact) mass is 234 g/mol. The number of nitrogens with one attached hydrogen (secondary N) is 1. The summed E-state index contributed by atoms with van der Waals surface area (Å²) in [5.41, 5.74) is 0.117. The van der Waals surface area contributed by atoms with Crippen molar-refractivity contribution in [1.82, 2.24) is 19.9 Å². The fourth-order valence-electron chi connectivity index (χ4n) is 1.23. The summed E-state index contributed by atoms with van der Waals surface area (Å²) in [6.45, 7) is 0. The summed E-state index contributed by atoms with van der Waals surface area (Å²) in [6, 6.07) is 3.41. The number of hydrogen-bond donors (Lipinski definition) is 1. The Bertz CT molecular complexity index is 565. The minimum Gasteiger partial charge on any atom is -0.481 e. The van der Waals surface area contributed by atoms with E-state index in [1.165, 1.54) is 20.4 Å². The number of pyridine rings is 1. The van der Waals surface area contributed by atoms with Crippen LogP contribution in [0.15, 0.2) is 23.1 Å². The Morgan fingerprint density at radius 2 is 2.00 bits per heavy atom. The molecule has 0 aliphatic heterocycles. The molecule has 0 spiro atoms. The van der Waals surface area contributed by atoms with Crippen LogP contribution < -0.4 is 15.2 Å². The third-order valence-electron chi connectivity index (χ3n) is 2.03. The maximum absolute atomic E-state index is 11.2. The van der Waals surface area contributed by atoms with Gasteiger partial charge in [-0.2, -0.15) is 4.98 Å². The zero-order valence-corrected chi connectivity index (χ0v) is 9.30. The summed E-state index contributed by atoms with van der Waals surface area (Å²) in [7, 11) is 2.92. The summed E-state index contributed by atoms with van der Waals surface area (Å²) in [5, 5.41) is 0. The first kappa shape index (κ1) is 11.1. The molecule has 2 heterocycles. The molecule has 17 heavy (non-hydrogen) atoms. The third kappa shape index (κ3) is 2.39. The van der Waals surface area contributed by atoms with Crippen molar-refractivity contribution in [2.75, 3.05) is 14.2 Å². The normalized spacial score (nSPS) is 10.0. The zero-order chi connectivity index (χ0) is 12.3. The van der Waals surface area contributed by atoms with E-state index < -0.39 is 5.69 Å². The molecule has 0 radical (unpaired) electrons. The summed E-state index contributed by atoms with van der Waals surface area (Å²) < 4.78 is 9.75. The van der Waals surface area contributed by atoms with Crippen molar-refractivity contribution in [3.8, 4) is 23.3 Å². The van der Waals surface area contributed by atoms with Gasteiger partial charge in [0, 0.05) is 17.8 Å². The quantitative estimate of drug-likeness (QED) is 0.818. The van der Waals surface area contributed by atoms with Crippen molar-refractivity contribution in [3.05, 3.63) is 28.8 Å². The molecule has 2 rings (SSSR count). The van der Waals surface area contributed by atoms with E-state index in [-0.39, 0.29) is 6.01 Å². The minimum absolute atomic E-state index is 0.0135. The number of methoxy groups -OCH3 is 2. The highest BCUT2D eigenvalue weighted by Crippen LogP contribution is 2.16. The molecule has 7 heteroatoms. The number of hydrogen-bond acceptors (Lipinski definition) is 6. The molecule has 0 aliphatic rings. The zero-order valence-electron chi connectivity index (χ0n) is 9.30. The number of aromatic nitrogens is 4. The standard InChI is InChI=1S/C10H10N4O3/c1-16-7-4-3-6(5-11-7)8-12-9(15)14-10(13-8)17-2/h3-5H,1-2H3,(H,12,13,14,15). The topological polar surface area (TPSA) is 90.0 Å². The van der Waals surface area contributed by atoms with Crippen LogP contribution in [-0.4, -0.2) is 34.2 Å². The average molecular weight is 234 g/mol. The lowest BCUT2D eigenvalue weighted by molar-refractivity contribution is 0.377. The fourth-order valence-corrected chi connectivity index (χ4v) is 1.23. The Morgan fingerprint density at radius 1 is 1.18 bits per heavy atom. The molecular weight excluding hydrogens is 224 g/mol. The number of nitrogens with zero attached hydrogens (tertiary/aromatic N) is 3. The van der Waals surface area contributed by atoms with E-state index in [2.05, 4.69) is 19.9 Å². The molecule has 0 bridgehead atoms. The first-order valence-electron chi connectivity index (χ1n) is 4.75. The molecule has 0 unspecified atom stereocenters. The molecule has 0 aliphatic carbocycles. The highest BCUT2D eigenvalue weighted by molar-refractivity contribution is 5.53. The maximum atomic E-state index is 11.2. The van der Waals surface area contributed by atoms with E-state index in [4.69, 9.17) is 9.47 Å². The van der Waals surface area contributed by atoms with Crippen LogP contribution in [-0.2, 0) is 0 Å². The third-order valence-corrected chi connectivity index (χ3v) is 2.03. The van der Waals surface area contributed by atoms with Crippen LogP contribution in [0.3, 0.4) is 0 Å². The van der Waals surface area contributed by atoms with Crippen LogP contribution >= 0.6 is 0 Å². The molecular formula is C10H10N4O3. The molecule has 0 fully saturated rings. The van der Waals surface area contributed by atoms with Gasteiger partial charge in [-0.3, -0.25) is 4.98 Å². The summed E-state index contributed by atoms with van der Waals surface area (Å²) in [4.78, 5) is 25.3. The van der Waals surface area contributed by atoms with Crippen LogP contribution in [0.2, 0.25) is 0 Å². The van der Waals surface area contributed by atoms with Crippen molar-refractivity contribution in [3.63, 3.8) is 0 Å². The minimum atomic E-state index is -0.525. The Morgan fingerprint density at radius 3 is 2.59 bits per heavy atom. The maximum Gasteiger partial charge on any atom is 0.351 e. The number of aromatic amines is 1. The molecule has 0 amide bonds. The van der Waals surface area contributed by atoms with E-state index in [1.807, 2.05) is 0 Å². The molecule has 88 valence electrons. The van der Waals surface area contributed by atoms with Gasteiger partial charge >= 0.3 is 11.7 Å². The first-order valence-corrected chi connectivity index (χ1v) is 4.75. The molecule has 0 aromatic carbocycles. The smallest absolute Gasteiger partial charge is 0.351 e. The van der Waals surface area contributed by atoms with Crippen LogP contribution in [0, 0.1) is 0 Å². The predicted molar refractivity (Wildman–Crippen MR) is 59.0 cm³/mol. The predicted octanol–water partition coefficient (Wildman–Crippen LogP) is 0.244. The number of ether oxygens (including phenoxy) is 2. The van der Waals surface area contributed by atoms with E-state index in [0.717, 1.165) is 0 Å². The van der Waals surface area contributed by atoms with E-state index in [0.29, 0.717) is 17.3 Å². The number of H-pyrrole nitrogens is 1. The van der Waals surface area contributed by atoms with Crippen molar-refractivity contribution in [1.29, 1.82) is 0 Å². The SMILES string of the molecule is COc1ccc(-c2nc(OC)nc(=O)[nH]2)cn1. The molecule has 2 aromatic heterocycles. The molecule has 0 saturated heterocycles. The first-order chi connectivity index (χ1) is 8.22. The number of rotatable bonds is 3. The molecule has 1 N–H and O–H groups in total. The second-order valence-electron chi connectivity index (χ2n) is 3.08. The van der Waals surface area contributed by atoms with Gasteiger partial charge in [-0.05, 0) is 6.07 Å². The van der Waals surface area contributed by atoms with Gasteiger partial charge in [0.2, 0.25) is 5.88 Å². The Hall–Kier alpha value is -2.44. The van der Waals surface area contributed by atoms with Gasteiger partial charge in [-0.15, -0.1) is 4.98 Å². The van der Waals surface area contributed by atoms with Crippen molar-refractivity contribution in [2.24, 2.45) is 0 Å². The lowest BCUT2D eigenvalue weighted by atomic mass is 10.3. The largest absolute Gasteiger partial charge is 0.481 e. The van der Waals surface area contributed by atoms with Gasteiger partial charge in [0.05, 0.1) is 14.2 Å². The second-order valence-corrected chi connectivity index (χ2v) is 3.08. The van der Waals surface area contributed by atoms with Gasteiger partial charge < -0.3 is 9.47 Å². The molecule has 0 saturated carbocycles.